The molecule has 0 amide bonds. The standard InChI is InChI=1S/C31H26F2O5/c32-31(33)27(38-28(34)22-13-5-1-6-14-22)26(37-29(31)35)21-36-30(23-15-7-2-8-16-23,24-17-9-3-10-18-24)25-19-11-4-12-20-25/h1-20,26-27,29,35H,21H2. The Morgan fingerprint density at radius 1 is 0.763 bits per heavy atom. The van der Waals surface area contributed by atoms with Gasteiger partial charge in [-0.3, -0.25) is 0 Å². The number of carbonyl (C=O) groups excluding carboxylic acids is 1. The van der Waals surface area contributed by atoms with Crippen molar-refractivity contribution in [3.8, 4) is 0 Å². The maximum Gasteiger partial charge on any atom is 0.338 e. The number of hydrogen-bond donors (Lipinski definition) is 1. The first-order chi connectivity index (χ1) is 18.4. The summed E-state index contributed by atoms with van der Waals surface area (Å²) in [5, 5.41) is 10.0. The molecule has 0 aromatic heterocycles. The lowest BCUT2D eigenvalue weighted by molar-refractivity contribution is -0.200. The van der Waals surface area contributed by atoms with Crippen LogP contribution in [0.2, 0.25) is 0 Å². The summed E-state index contributed by atoms with van der Waals surface area (Å²) in [5.41, 5.74) is 1.20. The SMILES string of the molecule is O=C(OC1C(COC(c2ccccc2)(c2ccccc2)c2ccccc2)OC(O)C1(F)F)c1ccccc1. The fourth-order valence-corrected chi connectivity index (χ4v) is 4.73. The number of hydrogen-bond acceptors (Lipinski definition) is 5. The summed E-state index contributed by atoms with van der Waals surface area (Å²) >= 11 is 0. The molecule has 0 aliphatic carbocycles. The van der Waals surface area contributed by atoms with Gasteiger partial charge in [0, 0.05) is 0 Å². The van der Waals surface area contributed by atoms with Crippen molar-refractivity contribution >= 4 is 5.97 Å². The van der Waals surface area contributed by atoms with Gasteiger partial charge < -0.3 is 19.3 Å². The van der Waals surface area contributed by atoms with Crippen molar-refractivity contribution in [2.24, 2.45) is 0 Å². The Labute approximate surface area is 219 Å². The van der Waals surface area contributed by atoms with Crippen LogP contribution in [0.5, 0.6) is 0 Å². The van der Waals surface area contributed by atoms with E-state index in [2.05, 4.69) is 0 Å². The van der Waals surface area contributed by atoms with Crippen molar-refractivity contribution in [2.75, 3.05) is 6.61 Å². The van der Waals surface area contributed by atoms with E-state index in [1.54, 1.807) is 18.2 Å². The molecule has 3 atom stereocenters. The lowest BCUT2D eigenvalue weighted by Gasteiger charge is -2.37. The molecule has 0 radical (unpaired) electrons. The number of aliphatic hydroxyl groups is 1. The smallest absolute Gasteiger partial charge is 0.338 e. The van der Waals surface area contributed by atoms with Gasteiger partial charge in [0.15, 0.2) is 6.10 Å². The number of halogens is 2. The van der Waals surface area contributed by atoms with Crippen LogP contribution in [0.25, 0.3) is 0 Å². The van der Waals surface area contributed by atoms with Crippen LogP contribution in [0.3, 0.4) is 0 Å². The molecule has 0 saturated carbocycles. The van der Waals surface area contributed by atoms with Gasteiger partial charge in [-0.15, -0.1) is 0 Å². The van der Waals surface area contributed by atoms with Gasteiger partial charge >= 0.3 is 11.9 Å². The summed E-state index contributed by atoms with van der Waals surface area (Å²) in [5.74, 6) is -4.79. The van der Waals surface area contributed by atoms with Gasteiger partial charge in [-0.2, -0.15) is 8.78 Å². The highest BCUT2D eigenvalue weighted by Crippen LogP contribution is 2.43. The fraction of sp³-hybridized carbons (Fsp3) is 0.194. The van der Waals surface area contributed by atoms with Crippen LogP contribution in [-0.4, -0.2) is 42.1 Å². The highest BCUT2D eigenvalue weighted by molar-refractivity contribution is 5.89. The molecule has 1 saturated heterocycles. The number of alkyl halides is 2. The van der Waals surface area contributed by atoms with Crippen molar-refractivity contribution in [1.82, 2.24) is 0 Å². The van der Waals surface area contributed by atoms with E-state index in [0.717, 1.165) is 16.7 Å². The van der Waals surface area contributed by atoms with E-state index in [1.807, 2.05) is 91.0 Å². The number of rotatable bonds is 8. The molecule has 1 aliphatic heterocycles. The minimum Gasteiger partial charge on any atom is -0.449 e. The van der Waals surface area contributed by atoms with Gasteiger partial charge in [-0.05, 0) is 28.8 Å². The summed E-state index contributed by atoms with van der Waals surface area (Å²) in [6.07, 6.45) is -5.96. The first kappa shape index (κ1) is 25.7. The number of ether oxygens (including phenoxy) is 3. The third-order valence-corrected chi connectivity index (χ3v) is 6.60. The van der Waals surface area contributed by atoms with E-state index < -0.39 is 42.6 Å². The minimum atomic E-state index is -3.84. The second-order valence-corrected chi connectivity index (χ2v) is 8.98. The maximum absolute atomic E-state index is 15.0. The molecule has 7 heteroatoms. The maximum atomic E-state index is 15.0. The van der Waals surface area contributed by atoms with Gasteiger partial charge in [0.25, 0.3) is 0 Å². The predicted molar refractivity (Wildman–Crippen MR) is 137 cm³/mol. The summed E-state index contributed by atoms with van der Waals surface area (Å²) < 4.78 is 47.0. The van der Waals surface area contributed by atoms with Crippen LogP contribution >= 0.6 is 0 Å². The molecule has 3 unspecified atom stereocenters. The fourth-order valence-electron chi connectivity index (χ4n) is 4.73. The zero-order valence-corrected chi connectivity index (χ0v) is 20.3. The van der Waals surface area contributed by atoms with Crippen molar-refractivity contribution < 1.29 is 32.9 Å². The quantitative estimate of drug-likeness (QED) is 0.245. The van der Waals surface area contributed by atoms with E-state index >= 15 is 8.78 Å². The molecule has 1 N–H and O–H groups in total. The van der Waals surface area contributed by atoms with Crippen molar-refractivity contribution in [2.45, 2.75) is 30.0 Å². The van der Waals surface area contributed by atoms with Crippen molar-refractivity contribution in [3.63, 3.8) is 0 Å². The molecule has 38 heavy (non-hydrogen) atoms. The molecule has 1 fully saturated rings. The molecular formula is C31H26F2O5. The summed E-state index contributed by atoms with van der Waals surface area (Å²) in [4.78, 5) is 12.7. The lowest BCUT2D eigenvalue weighted by Crippen LogP contribution is -2.45. The van der Waals surface area contributed by atoms with Crippen molar-refractivity contribution in [1.29, 1.82) is 0 Å². The molecule has 5 rings (SSSR count). The Kier molecular flexibility index (Phi) is 7.33. The third kappa shape index (κ3) is 4.84. The molecule has 0 bridgehead atoms. The number of benzene rings is 4. The highest BCUT2D eigenvalue weighted by Gasteiger charge is 2.61. The lowest BCUT2D eigenvalue weighted by atomic mass is 9.80. The Bertz CT molecular complexity index is 1240. The third-order valence-electron chi connectivity index (χ3n) is 6.60. The molecule has 5 nitrogen and oxygen atoms in total. The molecule has 0 spiro atoms. The average molecular weight is 517 g/mol. The second-order valence-electron chi connectivity index (χ2n) is 8.98. The van der Waals surface area contributed by atoms with Gasteiger partial charge in [0.2, 0.25) is 6.29 Å². The topological polar surface area (TPSA) is 65.0 Å². The largest absolute Gasteiger partial charge is 0.449 e. The minimum absolute atomic E-state index is 0.108. The number of aliphatic hydroxyl groups excluding tert-OH is 1. The second kappa shape index (κ2) is 10.8. The predicted octanol–water partition coefficient (Wildman–Crippen LogP) is 5.57. The van der Waals surface area contributed by atoms with Crippen LogP contribution in [0.1, 0.15) is 27.0 Å². The first-order valence-electron chi connectivity index (χ1n) is 12.2. The molecule has 4 aromatic carbocycles. The number of esters is 1. The Balaban J connectivity index is 1.52. The monoisotopic (exact) mass is 516 g/mol. The highest BCUT2D eigenvalue weighted by atomic mass is 19.3. The van der Waals surface area contributed by atoms with Gasteiger partial charge in [-0.25, -0.2) is 4.79 Å². The summed E-state index contributed by atoms with van der Waals surface area (Å²) in [7, 11) is 0. The van der Waals surface area contributed by atoms with Crippen molar-refractivity contribution in [3.05, 3.63) is 144 Å². The van der Waals surface area contributed by atoms with E-state index in [9.17, 15) is 9.90 Å². The molecule has 4 aromatic rings. The molecule has 1 aliphatic rings. The zero-order valence-electron chi connectivity index (χ0n) is 20.3. The van der Waals surface area contributed by atoms with Crippen LogP contribution in [-0.2, 0) is 19.8 Å². The normalized spacial score (nSPS) is 20.7. The van der Waals surface area contributed by atoms with Crippen LogP contribution in [0.15, 0.2) is 121 Å². The van der Waals surface area contributed by atoms with Crippen LogP contribution < -0.4 is 0 Å². The summed E-state index contributed by atoms with van der Waals surface area (Å²) in [6, 6.07) is 36.0. The van der Waals surface area contributed by atoms with Crippen LogP contribution in [0.4, 0.5) is 8.78 Å². The average Bonchev–Trinajstić information content (AvgIpc) is 3.18. The van der Waals surface area contributed by atoms with Gasteiger partial charge in [-0.1, -0.05) is 109 Å². The first-order valence-corrected chi connectivity index (χ1v) is 12.2. The Morgan fingerprint density at radius 3 is 1.63 bits per heavy atom. The molecule has 194 valence electrons. The Hall–Kier alpha value is -3.91. The zero-order chi connectivity index (χ0) is 26.6. The Morgan fingerprint density at radius 2 is 1.18 bits per heavy atom. The van der Waals surface area contributed by atoms with Gasteiger partial charge in [0.05, 0.1) is 12.2 Å². The van der Waals surface area contributed by atoms with Crippen LogP contribution in [0, 0.1) is 0 Å². The molecule has 1 heterocycles. The summed E-state index contributed by atoms with van der Waals surface area (Å²) in [6.45, 7) is -0.405. The van der Waals surface area contributed by atoms with E-state index in [1.165, 1.54) is 12.1 Å². The van der Waals surface area contributed by atoms with E-state index in [4.69, 9.17) is 14.2 Å². The van der Waals surface area contributed by atoms with Gasteiger partial charge in [0.1, 0.15) is 11.7 Å². The number of carbonyl (C=O) groups is 1. The molecular weight excluding hydrogens is 490 g/mol. The van der Waals surface area contributed by atoms with E-state index in [-0.39, 0.29) is 5.56 Å². The van der Waals surface area contributed by atoms with E-state index in [0.29, 0.717) is 0 Å².